The first kappa shape index (κ1) is 10.1. The van der Waals surface area contributed by atoms with E-state index in [-0.39, 0.29) is 5.60 Å². The van der Waals surface area contributed by atoms with E-state index in [4.69, 9.17) is 10.5 Å². The molecular formula is C13H18N2O. The lowest BCUT2D eigenvalue weighted by Gasteiger charge is -2.47. The van der Waals surface area contributed by atoms with Gasteiger partial charge in [-0.15, -0.1) is 0 Å². The Morgan fingerprint density at radius 1 is 1.44 bits per heavy atom. The van der Waals surface area contributed by atoms with Gasteiger partial charge in [-0.1, -0.05) is 0 Å². The summed E-state index contributed by atoms with van der Waals surface area (Å²) in [5, 5.41) is 0. The highest BCUT2D eigenvalue weighted by Crippen LogP contribution is 2.47. The van der Waals surface area contributed by atoms with Crippen LogP contribution in [0.1, 0.15) is 43.6 Å². The molecule has 1 spiro atoms. The van der Waals surface area contributed by atoms with Crippen LogP contribution in [0.4, 0.5) is 5.69 Å². The SMILES string of the molecule is Nc1ccncc1C1CCOC2(CCC2)C1. The number of nitrogen functional groups attached to an aromatic ring is 1. The molecule has 1 aromatic heterocycles. The molecule has 1 atom stereocenters. The predicted octanol–water partition coefficient (Wildman–Crippen LogP) is 2.48. The first-order valence-corrected chi connectivity index (χ1v) is 6.12. The number of rotatable bonds is 1. The van der Waals surface area contributed by atoms with Crippen LogP contribution in [0, 0.1) is 0 Å². The van der Waals surface area contributed by atoms with Crippen LogP contribution in [0.5, 0.6) is 0 Å². The average Bonchev–Trinajstić information content (AvgIpc) is 2.28. The van der Waals surface area contributed by atoms with E-state index in [0.29, 0.717) is 5.92 Å². The number of nitrogens with zero attached hydrogens (tertiary/aromatic N) is 1. The first-order valence-electron chi connectivity index (χ1n) is 6.12. The molecule has 2 aliphatic rings. The van der Waals surface area contributed by atoms with Crippen molar-refractivity contribution in [2.45, 2.75) is 43.6 Å². The summed E-state index contributed by atoms with van der Waals surface area (Å²) in [4.78, 5) is 4.19. The van der Waals surface area contributed by atoms with Gasteiger partial charge < -0.3 is 10.5 Å². The first-order chi connectivity index (χ1) is 7.79. The van der Waals surface area contributed by atoms with Crippen LogP contribution >= 0.6 is 0 Å². The van der Waals surface area contributed by atoms with Gasteiger partial charge in [0.2, 0.25) is 0 Å². The van der Waals surface area contributed by atoms with Gasteiger partial charge >= 0.3 is 0 Å². The van der Waals surface area contributed by atoms with Crippen molar-refractivity contribution in [2.24, 2.45) is 0 Å². The molecular weight excluding hydrogens is 200 g/mol. The van der Waals surface area contributed by atoms with Gasteiger partial charge in [0.1, 0.15) is 0 Å². The standard InChI is InChI=1S/C13H18N2O/c14-12-2-6-15-9-11(12)10-3-7-16-13(8-10)4-1-5-13/h2,6,9-10H,1,3-5,7-8H2,(H2,14,15). The van der Waals surface area contributed by atoms with Gasteiger partial charge in [0.25, 0.3) is 0 Å². The Balaban J connectivity index is 1.82. The molecule has 1 aliphatic heterocycles. The Morgan fingerprint density at radius 2 is 2.31 bits per heavy atom. The third kappa shape index (κ3) is 1.59. The van der Waals surface area contributed by atoms with E-state index < -0.39 is 0 Å². The Morgan fingerprint density at radius 3 is 3.00 bits per heavy atom. The molecule has 0 radical (unpaired) electrons. The Bertz CT molecular complexity index is 387. The van der Waals surface area contributed by atoms with Crippen LogP contribution in [0.25, 0.3) is 0 Å². The summed E-state index contributed by atoms with van der Waals surface area (Å²) in [6.07, 6.45) is 9.66. The second kappa shape index (κ2) is 3.74. The van der Waals surface area contributed by atoms with Crippen LogP contribution in [-0.2, 0) is 4.74 Å². The summed E-state index contributed by atoms with van der Waals surface area (Å²) in [5.41, 5.74) is 8.31. The van der Waals surface area contributed by atoms with Gasteiger partial charge in [-0.3, -0.25) is 4.98 Å². The van der Waals surface area contributed by atoms with Crippen molar-refractivity contribution in [1.82, 2.24) is 4.98 Å². The second-order valence-electron chi connectivity index (χ2n) is 5.08. The molecule has 1 aromatic rings. The summed E-state index contributed by atoms with van der Waals surface area (Å²) in [7, 11) is 0. The Hall–Kier alpha value is -1.09. The van der Waals surface area contributed by atoms with Crippen molar-refractivity contribution >= 4 is 5.69 Å². The minimum absolute atomic E-state index is 0.186. The lowest BCUT2D eigenvalue weighted by atomic mass is 9.70. The quantitative estimate of drug-likeness (QED) is 0.787. The monoisotopic (exact) mass is 218 g/mol. The van der Waals surface area contributed by atoms with Gasteiger partial charge in [-0.05, 0) is 49.7 Å². The molecule has 0 aromatic carbocycles. The third-order valence-corrected chi connectivity index (χ3v) is 4.08. The maximum atomic E-state index is 6.02. The smallest absolute Gasteiger partial charge is 0.0688 e. The van der Waals surface area contributed by atoms with E-state index in [2.05, 4.69) is 4.98 Å². The zero-order chi connectivity index (χ0) is 11.0. The number of anilines is 1. The third-order valence-electron chi connectivity index (χ3n) is 4.08. The van der Waals surface area contributed by atoms with Crippen LogP contribution in [-0.4, -0.2) is 17.2 Å². The molecule has 1 saturated carbocycles. The molecule has 1 saturated heterocycles. The largest absolute Gasteiger partial charge is 0.398 e. The molecule has 1 unspecified atom stereocenters. The van der Waals surface area contributed by atoms with Gasteiger partial charge in [-0.2, -0.15) is 0 Å². The van der Waals surface area contributed by atoms with Crippen molar-refractivity contribution < 1.29 is 4.74 Å². The van der Waals surface area contributed by atoms with E-state index in [1.165, 1.54) is 24.8 Å². The number of pyridine rings is 1. The van der Waals surface area contributed by atoms with Gasteiger partial charge in [0.05, 0.1) is 5.60 Å². The second-order valence-corrected chi connectivity index (χ2v) is 5.08. The fourth-order valence-electron chi connectivity index (χ4n) is 2.97. The molecule has 2 N–H and O–H groups in total. The van der Waals surface area contributed by atoms with Crippen LogP contribution < -0.4 is 5.73 Å². The predicted molar refractivity (Wildman–Crippen MR) is 63.2 cm³/mol. The lowest BCUT2D eigenvalue weighted by Crippen LogP contribution is -2.45. The summed E-state index contributed by atoms with van der Waals surface area (Å²) in [6.45, 7) is 0.874. The number of hydrogen-bond acceptors (Lipinski definition) is 3. The van der Waals surface area contributed by atoms with Gasteiger partial charge in [0.15, 0.2) is 0 Å². The summed E-state index contributed by atoms with van der Waals surface area (Å²) < 4.78 is 5.93. The maximum absolute atomic E-state index is 6.02. The topological polar surface area (TPSA) is 48.1 Å². The molecule has 86 valence electrons. The number of nitrogens with two attached hydrogens (primary N) is 1. The van der Waals surface area contributed by atoms with E-state index in [0.717, 1.165) is 25.1 Å². The Labute approximate surface area is 96.0 Å². The summed E-state index contributed by atoms with van der Waals surface area (Å²) in [5.74, 6) is 0.544. The molecule has 0 bridgehead atoms. The fraction of sp³-hybridized carbons (Fsp3) is 0.615. The molecule has 16 heavy (non-hydrogen) atoms. The van der Waals surface area contributed by atoms with E-state index in [1.807, 2.05) is 12.3 Å². The average molecular weight is 218 g/mol. The molecule has 3 heteroatoms. The van der Waals surface area contributed by atoms with Crippen molar-refractivity contribution in [1.29, 1.82) is 0 Å². The molecule has 3 rings (SSSR count). The van der Waals surface area contributed by atoms with Gasteiger partial charge in [-0.25, -0.2) is 0 Å². The summed E-state index contributed by atoms with van der Waals surface area (Å²) >= 11 is 0. The van der Waals surface area contributed by atoms with Crippen LogP contribution in [0.2, 0.25) is 0 Å². The molecule has 1 aliphatic carbocycles. The number of hydrogen-bond donors (Lipinski definition) is 1. The number of aromatic nitrogens is 1. The number of ether oxygens (including phenoxy) is 1. The highest BCUT2D eigenvalue weighted by molar-refractivity contribution is 5.46. The lowest BCUT2D eigenvalue weighted by molar-refractivity contribution is -0.133. The van der Waals surface area contributed by atoms with Crippen molar-refractivity contribution in [3.63, 3.8) is 0 Å². The van der Waals surface area contributed by atoms with Crippen molar-refractivity contribution in [3.8, 4) is 0 Å². The van der Waals surface area contributed by atoms with E-state index in [9.17, 15) is 0 Å². The molecule has 3 nitrogen and oxygen atoms in total. The molecule has 2 fully saturated rings. The van der Waals surface area contributed by atoms with E-state index >= 15 is 0 Å². The van der Waals surface area contributed by atoms with E-state index in [1.54, 1.807) is 6.20 Å². The maximum Gasteiger partial charge on any atom is 0.0688 e. The normalized spacial score (nSPS) is 27.6. The van der Waals surface area contributed by atoms with Crippen LogP contribution in [0.3, 0.4) is 0 Å². The summed E-state index contributed by atoms with van der Waals surface area (Å²) in [6, 6.07) is 1.90. The minimum atomic E-state index is 0.186. The zero-order valence-corrected chi connectivity index (χ0v) is 9.48. The minimum Gasteiger partial charge on any atom is -0.398 e. The Kier molecular flexibility index (Phi) is 2.36. The zero-order valence-electron chi connectivity index (χ0n) is 9.48. The van der Waals surface area contributed by atoms with Crippen molar-refractivity contribution in [3.05, 3.63) is 24.0 Å². The fourth-order valence-corrected chi connectivity index (χ4v) is 2.97. The van der Waals surface area contributed by atoms with Crippen LogP contribution in [0.15, 0.2) is 18.5 Å². The highest BCUT2D eigenvalue weighted by atomic mass is 16.5. The van der Waals surface area contributed by atoms with Crippen molar-refractivity contribution in [2.75, 3.05) is 12.3 Å². The molecule has 0 amide bonds. The highest BCUT2D eigenvalue weighted by Gasteiger charge is 2.43. The van der Waals surface area contributed by atoms with Gasteiger partial charge in [0, 0.05) is 24.7 Å². The molecule has 2 heterocycles.